The van der Waals surface area contributed by atoms with Crippen molar-refractivity contribution in [3.05, 3.63) is 154 Å². The summed E-state index contributed by atoms with van der Waals surface area (Å²) < 4.78 is 2.81. The number of fused-ring (bicyclic) bond motifs is 14. The lowest BCUT2D eigenvalue weighted by Gasteiger charge is -2.45. The number of allylic oxidation sites excluding steroid dienone is 1. The molecule has 0 radical (unpaired) electrons. The highest BCUT2D eigenvalue weighted by Gasteiger charge is 2.55. The van der Waals surface area contributed by atoms with E-state index in [9.17, 15) is 0 Å². The van der Waals surface area contributed by atoms with Crippen LogP contribution in [0.1, 0.15) is 128 Å². The number of benzene rings is 7. The third kappa shape index (κ3) is 4.48. The molecule has 0 unspecified atom stereocenters. The molecule has 2 aliphatic heterocycles. The van der Waals surface area contributed by atoms with Crippen molar-refractivity contribution in [2.24, 2.45) is 0 Å². The van der Waals surface area contributed by atoms with Crippen LogP contribution < -0.4 is 10.4 Å². The van der Waals surface area contributed by atoms with E-state index in [-0.39, 0.29) is 33.9 Å². The van der Waals surface area contributed by atoms with Crippen molar-refractivity contribution in [3.63, 3.8) is 0 Å². The van der Waals surface area contributed by atoms with E-state index in [0.717, 1.165) is 0 Å². The molecule has 0 bridgehead atoms. The Balaban J connectivity index is 1.23. The molecule has 306 valence electrons. The highest BCUT2D eigenvalue weighted by Crippen LogP contribution is 2.60. The van der Waals surface area contributed by atoms with Crippen molar-refractivity contribution in [1.29, 1.82) is 0 Å². The maximum absolute atomic E-state index is 2.81. The van der Waals surface area contributed by atoms with Crippen LogP contribution >= 0.6 is 0 Å². The molecule has 5 aliphatic rings. The highest BCUT2D eigenvalue weighted by molar-refractivity contribution is 6.86. The molecule has 13 rings (SSSR count). The Labute approximate surface area is 367 Å². The Morgan fingerprint density at radius 1 is 0.484 bits per heavy atom. The van der Waals surface area contributed by atoms with Crippen LogP contribution in [0.4, 0.5) is 11.4 Å². The lowest BCUT2D eigenvalue weighted by molar-refractivity contribution is 0.331. The summed E-state index contributed by atoms with van der Waals surface area (Å²) in [5.41, 5.74) is 21.5. The van der Waals surface area contributed by atoms with Gasteiger partial charge in [-0.1, -0.05) is 154 Å². The van der Waals surface area contributed by atoms with E-state index in [2.05, 4.69) is 194 Å². The third-order valence-corrected chi connectivity index (χ3v) is 17.3. The number of rotatable bonds is 1. The first-order valence-corrected chi connectivity index (χ1v) is 23.4. The Morgan fingerprint density at radius 2 is 1.10 bits per heavy atom. The standard InChI is InChI=1S/C59H57BN2/c1-55(2)26-27-56(3,4)44-31-36(23-24-42(44)55)61-48-30-35-17-12-14-19-38(35)50-40-21-15-20-39-49-37-18-13-11-16-34(37)22-25-47(49)62(52(39)40)60(51(48)50)54-53(61)41-32-45-46(33-43(41)59(54,9)10)58(7,8)29-28-57(45,5)6/h11-25,30-33H,26-29H2,1-10H3. The van der Waals surface area contributed by atoms with Crippen molar-refractivity contribution >= 4 is 72.7 Å². The lowest BCUT2D eigenvalue weighted by Crippen LogP contribution is -2.52. The molecular formula is C59H57BN2. The zero-order chi connectivity index (χ0) is 42.6. The van der Waals surface area contributed by atoms with E-state index >= 15 is 0 Å². The number of anilines is 2. The summed E-state index contributed by atoms with van der Waals surface area (Å²) in [6, 6.07) is 45.7. The molecule has 0 spiro atoms. The SMILES string of the molecule is CC1(C)CCC(C)(C)c2cc(N3C4=C(B5c6c3cc3ccccc3c6-c3cccc6c7c8ccccc8ccc7n5c36)C(C)(C)c3cc5c(cc34)C(C)(C)CCC5(C)C)ccc21. The van der Waals surface area contributed by atoms with Crippen molar-refractivity contribution in [1.82, 2.24) is 4.48 Å². The fourth-order valence-electron chi connectivity index (χ4n) is 13.6. The number of nitrogens with zero attached hydrogens (tertiary/aromatic N) is 2. The van der Waals surface area contributed by atoms with Gasteiger partial charge in [-0.15, -0.1) is 0 Å². The summed E-state index contributed by atoms with van der Waals surface area (Å²) in [7, 11) is 0. The van der Waals surface area contributed by atoms with Crippen molar-refractivity contribution in [2.45, 2.75) is 122 Å². The van der Waals surface area contributed by atoms with Gasteiger partial charge >= 0.3 is 6.85 Å². The average Bonchev–Trinajstić information content (AvgIpc) is 3.71. The third-order valence-electron chi connectivity index (χ3n) is 17.3. The predicted molar refractivity (Wildman–Crippen MR) is 266 cm³/mol. The van der Waals surface area contributed by atoms with Crippen LogP contribution in [0.3, 0.4) is 0 Å². The minimum Gasteiger partial charge on any atom is -0.376 e. The summed E-state index contributed by atoms with van der Waals surface area (Å²) in [6.07, 6.45) is 4.79. The van der Waals surface area contributed by atoms with E-state index in [1.807, 2.05) is 0 Å². The molecule has 62 heavy (non-hydrogen) atoms. The molecule has 8 aromatic rings. The molecule has 0 amide bonds. The average molecular weight is 805 g/mol. The quantitative estimate of drug-likeness (QED) is 0.150. The summed E-state index contributed by atoms with van der Waals surface area (Å²) in [5.74, 6) is 0. The first-order chi connectivity index (χ1) is 29.5. The number of para-hydroxylation sites is 1. The normalized spacial score (nSPS) is 20.4. The molecule has 0 atom stereocenters. The summed E-state index contributed by atoms with van der Waals surface area (Å²) in [6.45, 7) is 25.0. The van der Waals surface area contributed by atoms with Gasteiger partial charge in [-0.2, -0.15) is 0 Å². The van der Waals surface area contributed by atoms with Gasteiger partial charge in [0.05, 0.1) is 0 Å². The number of hydrogen-bond acceptors (Lipinski definition) is 1. The summed E-state index contributed by atoms with van der Waals surface area (Å²) >= 11 is 0. The molecule has 7 aromatic carbocycles. The first-order valence-electron chi connectivity index (χ1n) is 23.4. The van der Waals surface area contributed by atoms with Gasteiger partial charge in [-0.05, 0) is 144 Å². The summed E-state index contributed by atoms with van der Waals surface area (Å²) in [5, 5.41) is 7.99. The minimum absolute atomic E-state index is 0.000341. The van der Waals surface area contributed by atoms with Gasteiger partial charge in [-0.3, -0.25) is 0 Å². The smallest absolute Gasteiger partial charge is 0.329 e. The first kappa shape index (κ1) is 37.1. The van der Waals surface area contributed by atoms with Crippen molar-refractivity contribution in [2.75, 3.05) is 4.90 Å². The van der Waals surface area contributed by atoms with Crippen molar-refractivity contribution < 1.29 is 0 Å². The molecular weight excluding hydrogens is 747 g/mol. The molecule has 2 nitrogen and oxygen atoms in total. The van der Waals surface area contributed by atoms with Gasteiger partial charge in [0.1, 0.15) is 0 Å². The van der Waals surface area contributed by atoms with Gasteiger partial charge in [0.2, 0.25) is 0 Å². The van der Waals surface area contributed by atoms with Crippen LogP contribution in [0.2, 0.25) is 0 Å². The maximum atomic E-state index is 2.81. The zero-order valence-electron chi connectivity index (χ0n) is 38.3. The minimum atomic E-state index is -0.262. The molecule has 3 heteroatoms. The Kier molecular flexibility index (Phi) is 6.89. The number of aromatic nitrogens is 1. The van der Waals surface area contributed by atoms with Gasteiger partial charge in [0.15, 0.2) is 0 Å². The number of hydrogen-bond donors (Lipinski definition) is 0. The van der Waals surface area contributed by atoms with E-state index in [1.165, 1.54) is 136 Å². The molecule has 0 N–H and O–H groups in total. The fourth-order valence-corrected chi connectivity index (χ4v) is 13.6. The predicted octanol–water partition coefficient (Wildman–Crippen LogP) is 14.9. The Morgan fingerprint density at radius 3 is 1.82 bits per heavy atom. The zero-order valence-corrected chi connectivity index (χ0v) is 38.3. The van der Waals surface area contributed by atoms with Crippen molar-refractivity contribution in [3.8, 4) is 11.1 Å². The second-order valence-electron chi connectivity index (χ2n) is 23.0. The molecule has 1 aromatic heterocycles. The van der Waals surface area contributed by atoms with Gasteiger partial charge in [0.25, 0.3) is 0 Å². The lowest BCUT2D eigenvalue weighted by atomic mass is 9.40. The molecule has 3 heterocycles. The second-order valence-corrected chi connectivity index (χ2v) is 23.0. The maximum Gasteiger partial charge on any atom is 0.329 e. The largest absolute Gasteiger partial charge is 0.376 e. The van der Waals surface area contributed by atoms with E-state index < -0.39 is 0 Å². The van der Waals surface area contributed by atoms with Crippen LogP contribution in [0, 0.1) is 0 Å². The molecule has 0 saturated heterocycles. The van der Waals surface area contributed by atoms with Crippen LogP contribution in [0.5, 0.6) is 0 Å². The monoisotopic (exact) mass is 804 g/mol. The summed E-state index contributed by atoms with van der Waals surface area (Å²) in [4.78, 5) is 2.77. The molecule has 0 fully saturated rings. The van der Waals surface area contributed by atoms with Gasteiger partial charge < -0.3 is 9.38 Å². The fraction of sp³-hybridized carbons (Fsp3) is 0.322. The van der Waals surface area contributed by atoms with Crippen LogP contribution in [-0.4, -0.2) is 11.3 Å². The second kappa shape index (κ2) is 11.5. The highest BCUT2D eigenvalue weighted by atomic mass is 15.2. The van der Waals surface area contributed by atoms with E-state index in [4.69, 9.17) is 0 Å². The Hall–Kier alpha value is -5.54. The van der Waals surface area contributed by atoms with Gasteiger partial charge in [-0.25, -0.2) is 0 Å². The van der Waals surface area contributed by atoms with Crippen LogP contribution in [0.25, 0.3) is 60.2 Å². The van der Waals surface area contributed by atoms with E-state index in [1.54, 1.807) is 5.56 Å². The Bertz CT molecular complexity index is 3400. The molecule has 0 saturated carbocycles. The molecule has 3 aliphatic carbocycles. The van der Waals surface area contributed by atoms with E-state index in [0.29, 0.717) is 0 Å². The van der Waals surface area contributed by atoms with Crippen LogP contribution in [-0.2, 0) is 27.1 Å². The van der Waals surface area contributed by atoms with Gasteiger partial charge in [0, 0.05) is 55.4 Å². The topological polar surface area (TPSA) is 8.17 Å². The van der Waals surface area contributed by atoms with Crippen LogP contribution in [0.15, 0.2) is 121 Å².